The fourth-order valence-corrected chi connectivity index (χ4v) is 2.99. The number of rotatable bonds is 5. The molecule has 0 unspecified atom stereocenters. The third-order valence-electron chi connectivity index (χ3n) is 4.45. The molecule has 1 aromatic rings. The van der Waals surface area contributed by atoms with Crippen LogP contribution >= 0.6 is 0 Å². The Morgan fingerprint density at radius 2 is 1.60 bits per heavy atom. The second-order valence-electron chi connectivity index (χ2n) is 6.94. The van der Waals surface area contributed by atoms with Gasteiger partial charge in [-0.3, -0.25) is 9.59 Å². The van der Waals surface area contributed by atoms with E-state index in [0.29, 0.717) is 25.1 Å². The van der Waals surface area contributed by atoms with Gasteiger partial charge in [0.15, 0.2) is 0 Å². The van der Waals surface area contributed by atoms with Crippen molar-refractivity contribution in [2.75, 3.05) is 39.3 Å². The van der Waals surface area contributed by atoms with Gasteiger partial charge < -0.3 is 20.2 Å². The Hall–Kier alpha value is -2.62. The molecule has 0 aliphatic carbocycles. The molecule has 2 amide bonds. The number of carboxylic acid groups (broad SMARTS) is 1. The Morgan fingerprint density at radius 1 is 1.10 bits per heavy atom. The summed E-state index contributed by atoms with van der Waals surface area (Å²) in [7, 11) is 0. The number of halogens is 3. The van der Waals surface area contributed by atoms with Crippen LogP contribution in [0.4, 0.5) is 13.2 Å². The van der Waals surface area contributed by atoms with Crippen LogP contribution in [-0.4, -0.2) is 78.1 Å². The topological polar surface area (TPSA) is 90.0 Å². The molecule has 0 saturated carbocycles. The summed E-state index contributed by atoms with van der Waals surface area (Å²) in [6.45, 7) is 10.3. The number of carbonyl (C=O) groups is 3. The lowest BCUT2D eigenvalue weighted by Crippen LogP contribution is -2.47. The SMILES string of the molecule is CCN(CCC(=O)N1CCNCC1)C(=O)c1cc(C)cc(C)c1.O=C(O)C(F)(F)F. The number of aliphatic carboxylic acids is 1. The minimum absolute atomic E-state index is 0.00686. The molecular weight excluding hydrogens is 403 g/mol. The van der Waals surface area contributed by atoms with E-state index in [-0.39, 0.29) is 11.8 Å². The first-order chi connectivity index (χ1) is 14.0. The molecule has 1 heterocycles. The summed E-state index contributed by atoms with van der Waals surface area (Å²) >= 11 is 0. The van der Waals surface area contributed by atoms with Crippen molar-refractivity contribution in [3.05, 3.63) is 34.9 Å². The Balaban J connectivity index is 0.000000553. The smallest absolute Gasteiger partial charge is 0.475 e. The number of carbonyl (C=O) groups excluding carboxylic acids is 2. The number of carboxylic acids is 1. The van der Waals surface area contributed by atoms with Crippen molar-refractivity contribution in [1.82, 2.24) is 15.1 Å². The van der Waals surface area contributed by atoms with E-state index in [1.54, 1.807) is 4.90 Å². The molecule has 30 heavy (non-hydrogen) atoms. The van der Waals surface area contributed by atoms with Gasteiger partial charge in [-0.1, -0.05) is 17.2 Å². The normalized spacial score (nSPS) is 13.9. The molecule has 1 saturated heterocycles. The van der Waals surface area contributed by atoms with Gasteiger partial charge in [0.25, 0.3) is 5.91 Å². The summed E-state index contributed by atoms with van der Waals surface area (Å²) in [6.07, 6.45) is -4.69. The summed E-state index contributed by atoms with van der Waals surface area (Å²) in [6, 6.07) is 5.88. The highest BCUT2D eigenvalue weighted by molar-refractivity contribution is 5.94. The number of benzene rings is 1. The molecule has 1 fully saturated rings. The molecule has 7 nitrogen and oxygen atoms in total. The first-order valence-corrected chi connectivity index (χ1v) is 9.61. The van der Waals surface area contributed by atoms with Crippen molar-refractivity contribution in [3.8, 4) is 0 Å². The second-order valence-corrected chi connectivity index (χ2v) is 6.94. The maximum absolute atomic E-state index is 12.7. The van der Waals surface area contributed by atoms with Crippen LogP contribution < -0.4 is 5.32 Å². The number of aryl methyl sites for hydroxylation is 2. The fraction of sp³-hybridized carbons (Fsp3) is 0.550. The van der Waals surface area contributed by atoms with E-state index in [1.807, 2.05) is 37.8 Å². The molecule has 1 aliphatic heterocycles. The van der Waals surface area contributed by atoms with Crippen LogP contribution in [0.3, 0.4) is 0 Å². The van der Waals surface area contributed by atoms with Crippen molar-refractivity contribution in [2.45, 2.75) is 33.4 Å². The average Bonchev–Trinajstić information content (AvgIpc) is 2.67. The maximum atomic E-state index is 12.7. The first kappa shape index (κ1) is 25.4. The van der Waals surface area contributed by atoms with Crippen LogP contribution in [-0.2, 0) is 9.59 Å². The third-order valence-corrected chi connectivity index (χ3v) is 4.45. The summed E-state index contributed by atoms with van der Waals surface area (Å²) in [5.74, 6) is -2.61. The van der Waals surface area contributed by atoms with Gasteiger partial charge in [-0.2, -0.15) is 13.2 Å². The van der Waals surface area contributed by atoms with Crippen LogP contribution in [0.2, 0.25) is 0 Å². The summed E-state index contributed by atoms with van der Waals surface area (Å²) in [4.78, 5) is 37.4. The predicted molar refractivity (Wildman–Crippen MR) is 105 cm³/mol. The van der Waals surface area contributed by atoms with E-state index in [1.165, 1.54) is 0 Å². The third kappa shape index (κ3) is 8.40. The monoisotopic (exact) mass is 431 g/mol. The highest BCUT2D eigenvalue weighted by atomic mass is 19.4. The molecule has 0 bridgehead atoms. The lowest BCUT2D eigenvalue weighted by molar-refractivity contribution is -0.192. The Kier molecular flexibility index (Phi) is 9.77. The van der Waals surface area contributed by atoms with Gasteiger partial charge in [-0.15, -0.1) is 0 Å². The van der Waals surface area contributed by atoms with Crippen molar-refractivity contribution >= 4 is 17.8 Å². The zero-order chi connectivity index (χ0) is 22.9. The van der Waals surface area contributed by atoms with Gasteiger partial charge in [0.1, 0.15) is 0 Å². The van der Waals surface area contributed by atoms with Crippen molar-refractivity contribution < 1.29 is 32.7 Å². The summed E-state index contributed by atoms with van der Waals surface area (Å²) in [5.41, 5.74) is 2.88. The largest absolute Gasteiger partial charge is 0.490 e. The second kappa shape index (κ2) is 11.5. The van der Waals surface area contributed by atoms with Crippen LogP contribution in [0.15, 0.2) is 18.2 Å². The zero-order valence-electron chi connectivity index (χ0n) is 17.4. The molecule has 1 aromatic carbocycles. The minimum Gasteiger partial charge on any atom is -0.475 e. The van der Waals surface area contributed by atoms with E-state index in [4.69, 9.17) is 9.90 Å². The van der Waals surface area contributed by atoms with Crippen molar-refractivity contribution in [1.29, 1.82) is 0 Å². The molecule has 2 rings (SSSR count). The van der Waals surface area contributed by atoms with Gasteiger partial charge in [0.2, 0.25) is 5.91 Å². The average molecular weight is 431 g/mol. The molecule has 0 aromatic heterocycles. The quantitative estimate of drug-likeness (QED) is 0.746. The molecule has 2 N–H and O–H groups in total. The first-order valence-electron chi connectivity index (χ1n) is 9.61. The lowest BCUT2D eigenvalue weighted by atomic mass is 10.1. The predicted octanol–water partition coefficient (Wildman–Crippen LogP) is 2.22. The van der Waals surface area contributed by atoms with E-state index in [0.717, 1.165) is 37.3 Å². The van der Waals surface area contributed by atoms with Gasteiger partial charge >= 0.3 is 12.1 Å². The number of nitrogens with zero attached hydrogens (tertiary/aromatic N) is 2. The maximum Gasteiger partial charge on any atom is 0.490 e. The van der Waals surface area contributed by atoms with E-state index in [2.05, 4.69) is 11.4 Å². The Labute approximate surface area is 173 Å². The Morgan fingerprint density at radius 3 is 2.03 bits per heavy atom. The fourth-order valence-electron chi connectivity index (χ4n) is 2.99. The number of hydrogen-bond donors (Lipinski definition) is 2. The molecule has 168 valence electrons. The number of nitrogens with one attached hydrogen (secondary N) is 1. The standard InChI is InChI=1S/C18H27N3O2.C2HF3O2/c1-4-20(8-5-17(22)21-9-6-19-7-10-21)18(23)16-12-14(2)11-15(3)13-16;3-2(4,5)1(6)7/h11-13,19H,4-10H2,1-3H3;(H,6,7). The van der Waals surface area contributed by atoms with E-state index in [9.17, 15) is 22.8 Å². The number of alkyl halides is 3. The van der Waals surface area contributed by atoms with Crippen LogP contribution in [0.5, 0.6) is 0 Å². The number of piperazine rings is 1. The molecule has 0 spiro atoms. The molecular formula is C20H28F3N3O4. The molecule has 1 aliphatic rings. The van der Waals surface area contributed by atoms with Crippen molar-refractivity contribution in [2.24, 2.45) is 0 Å². The highest BCUT2D eigenvalue weighted by Crippen LogP contribution is 2.13. The van der Waals surface area contributed by atoms with Gasteiger partial charge in [-0.25, -0.2) is 4.79 Å². The van der Waals surface area contributed by atoms with Crippen LogP contribution in [0.1, 0.15) is 34.8 Å². The van der Waals surface area contributed by atoms with Gasteiger partial charge in [-0.05, 0) is 32.9 Å². The van der Waals surface area contributed by atoms with Gasteiger partial charge in [0.05, 0.1) is 0 Å². The molecule has 0 atom stereocenters. The van der Waals surface area contributed by atoms with E-state index < -0.39 is 12.1 Å². The molecule has 10 heteroatoms. The van der Waals surface area contributed by atoms with Crippen molar-refractivity contribution in [3.63, 3.8) is 0 Å². The minimum atomic E-state index is -5.08. The van der Waals surface area contributed by atoms with Crippen LogP contribution in [0.25, 0.3) is 0 Å². The van der Waals surface area contributed by atoms with Gasteiger partial charge in [0, 0.05) is 51.3 Å². The number of amides is 2. The Bertz CT molecular complexity index is 727. The number of hydrogen-bond acceptors (Lipinski definition) is 4. The van der Waals surface area contributed by atoms with Crippen LogP contribution in [0, 0.1) is 13.8 Å². The van der Waals surface area contributed by atoms with E-state index >= 15 is 0 Å². The molecule has 0 radical (unpaired) electrons. The summed E-state index contributed by atoms with van der Waals surface area (Å²) < 4.78 is 31.7. The highest BCUT2D eigenvalue weighted by Gasteiger charge is 2.38. The lowest BCUT2D eigenvalue weighted by Gasteiger charge is -2.28. The zero-order valence-corrected chi connectivity index (χ0v) is 17.4. The summed E-state index contributed by atoms with van der Waals surface area (Å²) in [5, 5.41) is 10.4.